The number of nitrogens with one attached hydrogen (secondary N) is 1. The van der Waals surface area contributed by atoms with Crippen molar-refractivity contribution in [2.75, 3.05) is 0 Å². The Bertz CT molecular complexity index is 3390. The van der Waals surface area contributed by atoms with Crippen molar-refractivity contribution in [3.63, 3.8) is 0 Å². The molecule has 0 saturated carbocycles. The first-order valence-electron chi connectivity index (χ1n) is 19.2. The Morgan fingerprint density at radius 1 is 0.474 bits per heavy atom. The predicted molar refractivity (Wildman–Crippen MR) is 233 cm³/mol. The number of amidine groups is 2. The molecule has 0 radical (unpaired) electrons. The molecule has 57 heavy (non-hydrogen) atoms. The lowest BCUT2D eigenvalue weighted by Gasteiger charge is -2.23. The second-order valence-corrected chi connectivity index (χ2v) is 14.6. The van der Waals surface area contributed by atoms with E-state index in [0.29, 0.717) is 5.84 Å². The molecule has 1 N–H and O–H groups in total. The molecule has 3 aromatic heterocycles. The fourth-order valence-corrected chi connectivity index (χ4v) is 8.66. The van der Waals surface area contributed by atoms with Crippen LogP contribution in [0.1, 0.15) is 22.9 Å². The van der Waals surface area contributed by atoms with E-state index >= 15 is 0 Å². The van der Waals surface area contributed by atoms with Crippen LogP contribution in [0.2, 0.25) is 0 Å². The molecule has 268 valence electrons. The molecule has 6 heteroatoms. The van der Waals surface area contributed by atoms with E-state index in [9.17, 15) is 0 Å². The van der Waals surface area contributed by atoms with E-state index in [-0.39, 0.29) is 6.17 Å². The Kier molecular flexibility index (Phi) is 6.89. The number of aliphatic imine (C=N–C) groups is 2. The molecule has 12 rings (SSSR count). The van der Waals surface area contributed by atoms with Crippen LogP contribution in [0.4, 0.5) is 0 Å². The van der Waals surface area contributed by atoms with Crippen LogP contribution < -0.4 is 5.32 Å². The Morgan fingerprint density at radius 3 is 1.95 bits per heavy atom. The third-order valence-corrected chi connectivity index (χ3v) is 11.3. The Hall–Kier alpha value is -7.70. The molecule has 0 fully saturated rings. The number of nitrogens with zero attached hydrogens (tertiary/aromatic N) is 3. The van der Waals surface area contributed by atoms with Gasteiger partial charge in [0.2, 0.25) is 0 Å². The van der Waals surface area contributed by atoms with Gasteiger partial charge >= 0.3 is 0 Å². The number of benzene rings is 8. The number of rotatable bonds is 5. The summed E-state index contributed by atoms with van der Waals surface area (Å²) in [6.45, 7) is 0. The molecule has 0 aliphatic carbocycles. The van der Waals surface area contributed by atoms with Gasteiger partial charge in [0.05, 0.1) is 11.0 Å². The Balaban J connectivity index is 1.00. The Labute approximate surface area is 326 Å². The van der Waals surface area contributed by atoms with Gasteiger partial charge in [-0.3, -0.25) is 0 Å². The van der Waals surface area contributed by atoms with Crippen LogP contribution in [0.3, 0.4) is 0 Å². The van der Waals surface area contributed by atoms with Crippen LogP contribution in [0.15, 0.2) is 201 Å². The van der Waals surface area contributed by atoms with Crippen LogP contribution in [-0.4, -0.2) is 16.2 Å². The lowest BCUT2D eigenvalue weighted by molar-refractivity contribution is 0.663. The third-order valence-electron chi connectivity index (χ3n) is 11.3. The minimum absolute atomic E-state index is 0.364. The number of para-hydroxylation sites is 3. The zero-order chi connectivity index (χ0) is 37.5. The summed E-state index contributed by atoms with van der Waals surface area (Å²) >= 11 is 0. The maximum Gasteiger partial charge on any atom is 0.159 e. The maximum atomic E-state index is 6.88. The molecule has 4 heterocycles. The highest BCUT2D eigenvalue weighted by Gasteiger charge is 2.24. The zero-order valence-corrected chi connectivity index (χ0v) is 30.6. The SMILES string of the molecule is c1ccc(C2=NC(c3ccc4oc5cccc(-c6cccc7c6oc6cc(-n8c9ccccc9c9ccccc98)ccc67)c5c4c3)NC(c3ccccc3)=N2)cc1. The minimum Gasteiger partial charge on any atom is -0.456 e. The first-order valence-corrected chi connectivity index (χ1v) is 19.2. The highest BCUT2D eigenvalue weighted by atomic mass is 16.3. The molecule has 0 saturated heterocycles. The molecule has 0 amide bonds. The van der Waals surface area contributed by atoms with Crippen molar-refractivity contribution in [1.29, 1.82) is 0 Å². The van der Waals surface area contributed by atoms with Crippen molar-refractivity contribution in [1.82, 2.24) is 9.88 Å². The van der Waals surface area contributed by atoms with Crippen LogP contribution in [-0.2, 0) is 0 Å². The summed E-state index contributed by atoms with van der Waals surface area (Å²) in [7, 11) is 0. The third kappa shape index (κ3) is 4.97. The molecular weight excluding hydrogens is 701 g/mol. The van der Waals surface area contributed by atoms with E-state index in [1.165, 1.54) is 21.8 Å². The van der Waals surface area contributed by atoms with Crippen LogP contribution in [0.5, 0.6) is 0 Å². The highest BCUT2D eigenvalue weighted by Crippen LogP contribution is 2.43. The molecule has 1 aliphatic heterocycles. The number of hydrogen-bond donors (Lipinski definition) is 1. The van der Waals surface area contributed by atoms with Crippen LogP contribution in [0, 0.1) is 0 Å². The molecular formula is C51H32N4O2. The van der Waals surface area contributed by atoms with Crippen molar-refractivity contribution < 1.29 is 8.83 Å². The van der Waals surface area contributed by atoms with E-state index < -0.39 is 0 Å². The van der Waals surface area contributed by atoms with Crippen molar-refractivity contribution >= 4 is 77.4 Å². The normalized spacial score (nSPS) is 14.5. The summed E-state index contributed by atoms with van der Waals surface area (Å²) in [6.07, 6.45) is -0.364. The van der Waals surface area contributed by atoms with Crippen LogP contribution >= 0.6 is 0 Å². The van der Waals surface area contributed by atoms with Crippen molar-refractivity contribution in [3.8, 4) is 16.8 Å². The summed E-state index contributed by atoms with van der Waals surface area (Å²) in [6, 6.07) is 63.2. The lowest BCUT2D eigenvalue weighted by Crippen LogP contribution is -2.33. The Morgan fingerprint density at radius 2 is 1.16 bits per heavy atom. The van der Waals surface area contributed by atoms with E-state index in [0.717, 1.165) is 83.2 Å². The van der Waals surface area contributed by atoms with Crippen LogP contribution in [0.25, 0.3) is 82.5 Å². The van der Waals surface area contributed by atoms with Gasteiger partial charge in [0.15, 0.2) is 5.84 Å². The molecule has 0 bridgehead atoms. The number of fused-ring (bicyclic) bond motifs is 9. The van der Waals surface area contributed by atoms with Gasteiger partial charge in [-0.25, -0.2) is 9.98 Å². The molecule has 1 aliphatic rings. The average molecular weight is 733 g/mol. The highest BCUT2D eigenvalue weighted by molar-refractivity contribution is 6.18. The fraction of sp³-hybridized carbons (Fsp3) is 0.0196. The molecule has 6 nitrogen and oxygen atoms in total. The quantitative estimate of drug-likeness (QED) is 0.192. The average Bonchev–Trinajstić information content (AvgIpc) is 3.96. The molecule has 1 atom stereocenters. The van der Waals surface area contributed by atoms with Crippen molar-refractivity contribution in [2.24, 2.45) is 9.98 Å². The van der Waals surface area contributed by atoms with E-state index in [4.69, 9.17) is 18.8 Å². The predicted octanol–water partition coefficient (Wildman–Crippen LogP) is 12.7. The van der Waals surface area contributed by atoms with Gasteiger partial charge in [-0.15, -0.1) is 0 Å². The zero-order valence-electron chi connectivity index (χ0n) is 30.6. The lowest BCUT2D eigenvalue weighted by atomic mass is 9.96. The van der Waals surface area contributed by atoms with Gasteiger partial charge < -0.3 is 18.7 Å². The fourth-order valence-electron chi connectivity index (χ4n) is 8.66. The van der Waals surface area contributed by atoms with Crippen molar-refractivity contribution in [3.05, 3.63) is 199 Å². The van der Waals surface area contributed by atoms with E-state index in [1.807, 2.05) is 42.5 Å². The second kappa shape index (κ2) is 12.4. The van der Waals surface area contributed by atoms with E-state index in [1.54, 1.807) is 0 Å². The monoisotopic (exact) mass is 732 g/mol. The molecule has 1 unspecified atom stereocenters. The summed E-state index contributed by atoms with van der Waals surface area (Å²) in [5.74, 6) is 1.47. The van der Waals surface area contributed by atoms with Gasteiger partial charge in [-0.1, -0.05) is 133 Å². The van der Waals surface area contributed by atoms with Gasteiger partial charge in [0.1, 0.15) is 34.3 Å². The maximum absolute atomic E-state index is 6.88. The number of hydrogen-bond acceptors (Lipinski definition) is 5. The standard InChI is InChI=1S/C51H32N4O2/c1-3-13-31(14-4-1)49-52-50(32-15-5-2-6-16-32)54-51(53-49)33-25-28-44-41(29-33)47-38(19-12-24-45(47)56-44)40-21-11-20-39-37-27-26-34(30-46(37)57-48(39)40)55-42-22-9-7-17-35(42)36-18-8-10-23-43(36)55/h1-30,51H,(H,52,53,54). The molecule has 11 aromatic rings. The molecule has 0 spiro atoms. The van der Waals surface area contributed by atoms with E-state index in [2.05, 4.69) is 149 Å². The molecule has 8 aromatic carbocycles. The topological polar surface area (TPSA) is 68.0 Å². The van der Waals surface area contributed by atoms with Gasteiger partial charge in [0, 0.05) is 60.8 Å². The summed E-state index contributed by atoms with van der Waals surface area (Å²) in [5, 5.41) is 10.3. The summed E-state index contributed by atoms with van der Waals surface area (Å²) in [4.78, 5) is 10.1. The minimum atomic E-state index is -0.364. The largest absolute Gasteiger partial charge is 0.456 e. The van der Waals surface area contributed by atoms with Gasteiger partial charge in [-0.2, -0.15) is 0 Å². The summed E-state index contributed by atoms with van der Waals surface area (Å²) < 4.78 is 15.7. The van der Waals surface area contributed by atoms with Gasteiger partial charge in [0.25, 0.3) is 0 Å². The van der Waals surface area contributed by atoms with Crippen molar-refractivity contribution in [2.45, 2.75) is 6.17 Å². The van der Waals surface area contributed by atoms with Gasteiger partial charge in [-0.05, 0) is 53.6 Å². The smallest absolute Gasteiger partial charge is 0.159 e. The first kappa shape index (κ1) is 31.6. The number of furan rings is 2. The number of aromatic nitrogens is 1. The first-order chi connectivity index (χ1) is 28.2. The summed E-state index contributed by atoms with van der Waals surface area (Å²) in [5.41, 5.74) is 11.8. The second-order valence-electron chi connectivity index (χ2n) is 14.6.